The van der Waals surface area contributed by atoms with Crippen LogP contribution in [-0.4, -0.2) is 73.4 Å². The van der Waals surface area contributed by atoms with E-state index in [9.17, 15) is 10.2 Å². The van der Waals surface area contributed by atoms with E-state index in [2.05, 4.69) is 4.90 Å². The van der Waals surface area contributed by atoms with Gasteiger partial charge in [0.15, 0.2) is 0 Å². The zero-order valence-corrected chi connectivity index (χ0v) is 10.1. The lowest BCUT2D eigenvalue weighted by atomic mass is 10.3. The Kier molecular flexibility index (Phi) is 6.23. The van der Waals surface area contributed by atoms with Crippen LogP contribution in [0.4, 0.5) is 0 Å². The van der Waals surface area contributed by atoms with Gasteiger partial charge in [-0.25, -0.2) is 0 Å². The van der Waals surface area contributed by atoms with Crippen LogP contribution in [0.5, 0.6) is 0 Å². The molecule has 0 aromatic rings. The molecule has 0 aliphatic carbocycles. The molecule has 3 unspecified atom stereocenters. The molecule has 1 heterocycles. The van der Waals surface area contributed by atoms with Gasteiger partial charge >= 0.3 is 0 Å². The molecular weight excluding hydrogens is 210 g/mol. The Morgan fingerprint density at radius 1 is 1.44 bits per heavy atom. The van der Waals surface area contributed by atoms with Gasteiger partial charge in [0, 0.05) is 26.7 Å². The number of likely N-dealkylation sites (tertiary alicyclic amines) is 1. The van der Waals surface area contributed by atoms with E-state index >= 15 is 0 Å². The fourth-order valence-electron chi connectivity index (χ4n) is 1.89. The Labute approximate surface area is 97.0 Å². The van der Waals surface area contributed by atoms with Crippen molar-refractivity contribution >= 4 is 0 Å². The van der Waals surface area contributed by atoms with Crippen LogP contribution in [0.1, 0.15) is 13.3 Å². The van der Waals surface area contributed by atoms with Gasteiger partial charge in [0.25, 0.3) is 0 Å². The number of β-amino-alcohol motifs (C(OH)–C–C–N with tert-alkyl or cyclic N) is 2. The van der Waals surface area contributed by atoms with Gasteiger partial charge in [-0.15, -0.1) is 0 Å². The summed E-state index contributed by atoms with van der Waals surface area (Å²) in [6.45, 7) is 4.84. The highest BCUT2D eigenvalue weighted by Gasteiger charge is 2.22. The van der Waals surface area contributed by atoms with Gasteiger partial charge in [0.05, 0.1) is 31.5 Å². The molecule has 1 fully saturated rings. The first-order valence-electron chi connectivity index (χ1n) is 5.80. The third-order valence-corrected chi connectivity index (χ3v) is 2.69. The molecule has 1 rings (SSSR count). The Balaban J connectivity index is 2.08. The minimum Gasteiger partial charge on any atom is -0.392 e. The van der Waals surface area contributed by atoms with Crippen molar-refractivity contribution in [1.82, 2.24) is 4.90 Å². The highest BCUT2D eigenvalue weighted by molar-refractivity contribution is 4.76. The van der Waals surface area contributed by atoms with E-state index < -0.39 is 6.10 Å². The largest absolute Gasteiger partial charge is 0.392 e. The number of methoxy groups -OCH3 is 1. The number of aliphatic hydroxyl groups is 2. The number of hydrogen-bond acceptors (Lipinski definition) is 5. The predicted octanol–water partition coefficient (Wildman–Crippen LogP) is -0.535. The van der Waals surface area contributed by atoms with E-state index in [4.69, 9.17) is 9.47 Å². The molecule has 2 N–H and O–H groups in total. The summed E-state index contributed by atoms with van der Waals surface area (Å²) in [7, 11) is 1.63. The van der Waals surface area contributed by atoms with Crippen LogP contribution in [0.25, 0.3) is 0 Å². The Bertz CT molecular complexity index is 191. The zero-order valence-electron chi connectivity index (χ0n) is 10.1. The maximum absolute atomic E-state index is 9.72. The molecule has 0 spiro atoms. The van der Waals surface area contributed by atoms with Crippen molar-refractivity contribution in [2.45, 2.75) is 31.7 Å². The van der Waals surface area contributed by atoms with Crippen molar-refractivity contribution < 1.29 is 19.7 Å². The summed E-state index contributed by atoms with van der Waals surface area (Å²) < 4.78 is 10.4. The number of rotatable bonds is 7. The molecule has 5 nitrogen and oxygen atoms in total. The van der Waals surface area contributed by atoms with E-state index in [1.807, 2.05) is 6.92 Å². The van der Waals surface area contributed by atoms with Crippen molar-refractivity contribution in [1.29, 1.82) is 0 Å². The monoisotopic (exact) mass is 233 g/mol. The highest BCUT2D eigenvalue weighted by atomic mass is 16.5. The molecule has 0 amide bonds. The summed E-state index contributed by atoms with van der Waals surface area (Å²) >= 11 is 0. The first-order valence-corrected chi connectivity index (χ1v) is 5.80. The maximum Gasteiger partial charge on any atom is 0.0900 e. The summed E-state index contributed by atoms with van der Waals surface area (Å²) in [6.07, 6.45) is 0.0714. The fraction of sp³-hybridized carbons (Fsp3) is 1.00. The molecule has 96 valence electrons. The van der Waals surface area contributed by atoms with Crippen LogP contribution in [0.2, 0.25) is 0 Å². The van der Waals surface area contributed by atoms with Crippen molar-refractivity contribution in [3.05, 3.63) is 0 Å². The number of nitrogens with zero attached hydrogens (tertiary/aromatic N) is 1. The third-order valence-electron chi connectivity index (χ3n) is 2.69. The van der Waals surface area contributed by atoms with Gasteiger partial charge in [0.2, 0.25) is 0 Å². The Hall–Kier alpha value is -0.200. The number of hydrogen-bond donors (Lipinski definition) is 2. The van der Waals surface area contributed by atoms with E-state index in [1.165, 1.54) is 0 Å². The van der Waals surface area contributed by atoms with Crippen molar-refractivity contribution in [3.8, 4) is 0 Å². The van der Waals surface area contributed by atoms with Crippen molar-refractivity contribution in [2.75, 3.05) is 40.0 Å². The molecule has 0 aromatic carbocycles. The molecule has 16 heavy (non-hydrogen) atoms. The van der Waals surface area contributed by atoms with Gasteiger partial charge in [-0.3, -0.25) is 4.90 Å². The maximum atomic E-state index is 9.72. The van der Waals surface area contributed by atoms with Crippen molar-refractivity contribution in [2.24, 2.45) is 0 Å². The van der Waals surface area contributed by atoms with E-state index in [-0.39, 0.29) is 12.2 Å². The second-order valence-electron chi connectivity index (χ2n) is 4.46. The van der Waals surface area contributed by atoms with Crippen LogP contribution in [0.15, 0.2) is 0 Å². The molecule has 0 bridgehead atoms. The van der Waals surface area contributed by atoms with Crippen LogP contribution in [0.3, 0.4) is 0 Å². The van der Waals surface area contributed by atoms with Gasteiger partial charge in [-0.05, 0) is 13.3 Å². The fourth-order valence-corrected chi connectivity index (χ4v) is 1.89. The smallest absolute Gasteiger partial charge is 0.0900 e. The number of aliphatic hydroxyl groups excluding tert-OH is 2. The molecule has 1 aliphatic rings. The van der Waals surface area contributed by atoms with Gasteiger partial charge in [-0.2, -0.15) is 0 Å². The minimum atomic E-state index is -0.496. The summed E-state index contributed by atoms with van der Waals surface area (Å²) in [5.74, 6) is 0. The minimum absolute atomic E-state index is 0.00354. The molecule has 1 aliphatic heterocycles. The molecular formula is C11H23NO4. The summed E-state index contributed by atoms with van der Waals surface area (Å²) in [5.41, 5.74) is 0. The van der Waals surface area contributed by atoms with Crippen LogP contribution in [0, 0.1) is 0 Å². The van der Waals surface area contributed by atoms with E-state index in [0.717, 1.165) is 13.0 Å². The van der Waals surface area contributed by atoms with E-state index in [1.54, 1.807) is 7.11 Å². The van der Waals surface area contributed by atoms with E-state index in [0.29, 0.717) is 26.3 Å². The van der Waals surface area contributed by atoms with Gasteiger partial charge in [-0.1, -0.05) is 0 Å². The van der Waals surface area contributed by atoms with Gasteiger partial charge < -0.3 is 19.7 Å². The summed E-state index contributed by atoms with van der Waals surface area (Å²) in [4.78, 5) is 2.06. The second-order valence-corrected chi connectivity index (χ2v) is 4.46. The quantitative estimate of drug-likeness (QED) is 0.619. The first kappa shape index (κ1) is 13.9. The van der Waals surface area contributed by atoms with Crippen LogP contribution < -0.4 is 0 Å². The lowest BCUT2D eigenvalue weighted by Gasteiger charge is -2.21. The molecule has 0 aromatic heterocycles. The average molecular weight is 233 g/mol. The molecule has 1 saturated heterocycles. The Morgan fingerprint density at radius 2 is 2.19 bits per heavy atom. The molecule has 0 radical (unpaired) electrons. The highest BCUT2D eigenvalue weighted by Crippen LogP contribution is 2.09. The van der Waals surface area contributed by atoms with Crippen LogP contribution in [-0.2, 0) is 9.47 Å². The predicted molar refractivity (Wildman–Crippen MR) is 60.4 cm³/mol. The Morgan fingerprint density at radius 3 is 2.75 bits per heavy atom. The third kappa shape index (κ3) is 5.23. The normalized spacial score (nSPS) is 25.9. The molecule has 0 saturated carbocycles. The standard InChI is InChI=1S/C11H23NO4/c1-9(7-15-2)16-8-11(14)6-12-4-3-10(13)5-12/h9-11,13-14H,3-8H2,1-2H3. The topological polar surface area (TPSA) is 62.2 Å². The zero-order chi connectivity index (χ0) is 12.0. The average Bonchev–Trinajstić information content (AvgIpc) is 2.61. The molecule has 5 heteroatoms. The molecule has 3 atom stereocenters. The lowest BCUT2D eigenvalue weighted by Crippen LogP contribution is -2.35. The van der Waals surface area contributed by atoms with Crippen molar-refractivity contribution in [3.63, 3.8) is 0 Å². The summed E-state index contributed by atoms with van der Waals surface area (Å²) in [5, 5.41) is 19.1. The summed E-state index contributed by atoms with van der Waals surface area (Å²) in [6, 6.07) is 0. The van der Waals surface area contributed by atoms with Crippen LogP contribution >= 0.6 is 0 Å². The second kappa shape index (κ2) is 7.19. The lowest BCUT2D eigenvalue weighted by molar-refractivity contribution is -0.0387. The first-order chi connectivity index (χ1) is 7.61. The number of ether oxygens (including phenoxy) is 2. The van der Waals surface area contributed by atoms with Gasteiger partial charge in [0.1, 0.15) is 0 Å². The SMILES string of the molecule is COCC(C)OCC(O)CN1CCC(O)C1.